The highest BCUT2D eigenvalue weighted by molar-refractivity contribution is 5.47. The molecule has 0 aliphatic heterocycles. The van der Waals surface area contributed by atoms with E-state index in [0.717, 1.165) is 36.5 Å². The lowest BCUT2D eigenvalue weighted by Gasteiger charge is -2.26. The van der Waals surface area contributed by atoms with Gasteiger partial charge >= 0.3 is 0 Å². The maximum Gasteiger partial charge on any atom is 0.105 e. The normalized spacial score (nSPS) is 17.7. The number of hydrogen-bond donors (Lipinski definition) is 3. The number of benzene rings is 1. The molecule has 0 unspecified atom stereocenters. The summed E-state index contributed by atoms with van der Waals surface area (Å²) in [7, 11) is 0. The Morgan fingerprint density at radius 3 is 2.53 bits per heavy atom. The fourth-order valence-corrected chi connectivity index (χ4v) is 4.18. The molecule has 0 bridgehead atoms. The van der Waals surface area contributed by atoms with Gasteiger partial charge in [0.05, 0.1) is 24.4 Å². The van der Waals surface area contributed by atoms with Crippen LogP contribution in [0.5, 0.6) is 0 Å². The highest BCUT2D eigenvalue weighted by atomic mass is 16.3. The minimum Gasteiger partial charge on any atom is -0.391 e. The van der Waals surface area contributed by atoms with Crippen LogP contribution in [0.2, 0.25) is 0 Å². The Morgan fingerprint density at radius 2 is 1.90 bits per heavy atom. The Morgan fingerprint density at radius 1 is 1.17 bits per heavy atom. The van der Waals surface area contributed by atoms with E-state index in [1.165, 1.54) is 18.4 Å². The zero-order valence-electron chi connectivity index (χ0n) is 17.6. The third-order valence-corrected chi connectivity index (χ3v) is 6.07. The van der Waals surface area contributed by atoms with Gasteiger partial charge in [-0.15, -0.1) is 0 Å². The number of aliphatic hydroxyl groups is 2. The molecule has 7 nitrogen and oxygen atoms in total. The van der Waals surface area contributed by atoms with Gasteiger partial charge < -0.3 is 20.1 Å². The summed E-state index contributed by atoms with van der Waals surface area (Å²) in [5, 5.41) is 28.6. The van der Waals surface area contributed by atoms with E-state index in [9.17, 15) is 10.2 Å². The fraction of sp³-hybridized carbons (Fsp3) is 0.478. The standard InChI is InChI=1S/C23H31N5O2/c1-16(29)23(30)22(19-13-25-28(15-19)21-5-3-4-6-21)26-20-9-7-18(8-10-20)14-27-12-11-24-17(27)2/h7-13,15-16,21-23,26,29-30H,3-6,14H2,1-2H3/t16-,22+,23+/m0/s1. The van der Waals surface area contributed by atoms with Crippen molar-refractivity contribution in [2.45, 2.75) is 70.4 Å². The third kappa shape index (κ3) is 4.57. The van der Waals surface area contributed by atoms with Crippen LogP contribution in [-0.4, -0.2) is 41.8 Å². The van der Waals surface area contributed by atoms with Crippen LogP contribution in [0.3, 0.4) is 0 Å². The summed E-state index contributed by atoms with van der Waals surface area (Å²) in [5.74, 6) is 0.983. The van der Waals surface area contributed by atoms with Gasteiger partial charge in [-0.25, -0.2) is 4.98 Å². The van der Waals surface area contributed by atoms with E-state index in [0.29, 0.717) is 6.04 Å². The number of anilines is 1. The quantitative estimate of drug-likeness (QED) is 0.530. The molecular formula is C23H31N5O2. The molecule has 0 radical (unpaired) electrons. The van der Waals surface area contributed by atoms with Gasteiger partial charge in [0.1, 0.15) is 11.9 Å². The van der Waals surface area contributed by atoms with E-state index in [4.69, 9.17) is 0 Å². The van der Waals surface area contributed by atoms with Crippen LogP contribution in [0, 0.1) is 6.92 Å². The number of nitrogens with zero attached hydrogens (tertiary/aromatic N) is 4. The molecule has 1 aliphatic carbocycles. The molecule has 3 atom stereocenters. The number of imidazole rings is 1. The molecule has 0 amide bonds. The van der Waals surface area contributed by atoms with Gasteiger partial charge in [-0.1, -0.05) is 25.0 Å². The first-order valence-electron chi connectivity index (χ1n) is 10.7. The van der Waals surface area contributed by atoms with Gasteiger partial charge in [0.15, 0.2) is 0 Å². The van der Waals surface area contributed by atoms with Crippen LogP contribution < -0.4 is 5.32 Å². The van der Waals surface area contributed by atoms with E-state index in [1.807, 2.05) is 36.1 Å². The Kier molecular flexibility index (Phi) is 6.20. The molecular weight excluding hydrogens is 378 g/mol. The summed E-state index contributed by atoms with van der Waals surface area (Å²) in [6, 6.07) is 8.14. The Bertz CT molecular complexity index is 941. The number of hydrogen-bond acceptors (Lipinski definition) is 5. The van der Waals surface area contributed by atoms with Crippen molar-refractivity contribution in [2.24, 2.45) is 0 Å². The monoisotopic (exact) mass is 409 g/mol. The third-order valence-electron chi connectivity index (χ3n) is 6.07. The van der Waals surface area contributed by atoms with Crippen molar-refractivity contribution in [1.29, 1.82) is 0 Å². The predicted octanol–water partition coefficient (Wildman–Crippen LogP) is 3.45. The van der Waals surface area contributed by atoms with Gasteiger partial charge in [-0.2, -0.15) is 5.10 Å². The summed E-state index contributed by atoms with van der Waals surface area (Å²) in [6.45, 7) is 4.36. The van der Waals surface area contributed by atoms with Crippen molar-refractivity contribution in [3.8, 4) is 0 Å². The molecule has 160 valence electrons. The molecule has 1 aromatic carbocycles. The number of nitrogens with one attached hydrogen (secondary N) is 1. The van der Waals surface area contributed by atoms with Gasteiger partial charge in [0, 0.05) is 36.4 Å². The molecule has 2 aromatic heterocycles. The first kappa shape index (κ1) is 20.6. The van der Waals surface area contributed by atoms with Crippen LogP contribution in [0.1, 0.15) is 61.6 Å². The van der Waals surface area contributed by atoms with Crippen LogP contribution in [-0.2, 0) is 6.54 Å². The van der Waals surface area contributed by atoms with E-state index in [2.05, 4.69) is 32.1 Å². The van der Waals surface area contributed by atoms with Crippen LogP contribution in [0.15, 0.2) is 49.1 Å². The second-order valence-corrected chi connectivity index (χ2v) is 8.34. The maximum absolute atomic E-state index is 10.7. The number of aromatic nitrogens is 4. The van der Waals surface area contributed by atoms with Gasteiger partial charge in [-0.05, 0) is 44.4 Å². The number of rotatable bonds is 8. The zero-order valence-corrected chi connectivity index (χ0v) is 17.6. The second-order valence-electron chi connectivity index (χ2n) is 8.34. The largest absolute Gasteiger partial charge is 0.391 e. The van der Waals surface area contributed by atoms with Gasteiger partial charge in [0.2, 0.25) is 0 Å². The number of aryl methyl sites for hydroxylation is 1. The van der Waals surface area contributed by atoms with E-state index in [1.54, 1.807) is 19.3 Å². The average molecular weight is 410 g/mol. The molecule has 0 saturated heterocycles. The van der Waals surface area contributed by atoms with E-state index in [-0.39, 0.29) is 0 Å². The summed E-state index contributed by atoms with van der Waals surface area (Å²) in [4.78, 5) is 4.26. The van der Waals surface area contributed by atoms with Crippen LogP contribution in [0.25, 0.3) is 0 Å². The smallest absolute Gasteiger partial charge is 0.105 e. The summed E-state index contributed by atoms with van der Waals surface area (Å²) >= 11 is 0. The number of aliphatic hydroxyl groups excluding tert-OH is 2. The zero-order chi connectivity index (χ0) is 21.1. The summed E-state index contributed by atoms with van der Waals surface area (Å²) in [6.07, 6.45) is 10.6. The van der Waals surface area contributed by atoms with Crippen molar-refractivity contribution < 1.29 is 10.2 Å². The fourth-order valence-electron chi connectivity index (χ4n) is 4.18. The van der Waals surface area contributed by atoms with Crippen LogP contribution >= 0.6 is 0 Å². The average Bonchev–Trinajstić information content (AvgIpc) is 3.49. The topological polar surface area (TPSA) is 88.1 Å². The van der Waals surface area contributed by atoms with Crippen molar-refractivity contribution >= 4 is 5.69 Å². The molecule has 1 fully saturated rings. The molecule has 3 N–H and O–H groups in total. The molecule has 7 heteroatoms. The van der Waals surface area contributed by atoms with E-state index >= 15 is 0 Å². The van der Waals surface area contributed by atoms with Crippen molar-refractivity contribution in [3.05, 3.63) is 66.0 Å². The van der Waals surface area contributed by atoms with Gasteiger partial charge in [0.25, 0.3) is 0 Å². The Hall–Kier alpha value is -2.64. The predicted molar refractivity (Wildman–Crippen MR) is 116 cm³/mol. The summed E-state index contributed by atoms with van der Waals surface area (Å²) in [5.41, 5.74) is 2.94. The minimum atomic E-state index is -0.945. The first-order chi connectivity index (χ1) is 14.5. The van der Waals surface area contributed by atoms with Crippen molar-refractivity contribution in [1.82, 2.24) is 19.3 Å². The second kappa shape index (κ2) is 9.02. The lowest BCUT2D eigenvalue weighted by Crippen LogP contribution is -2.34. The van der Waals surface area contributed by atoms with Gasteiger partial charge in [-0.3, -0.25) is 4.68 Å². The van der Waals surface area contributed by atoms with Crippen molar-refractivity contribution in [2.75, 3.05) is 5.32 Å². The Labute approximate surface area is 177 Å². The SMILES string of the molecule is Cc1nccn1Cc1ccc(N[C@H](c2cnn(C3CCCC3)c2)[C@H](O)[C@H](C)O)cc1. The first-order valence-corrected chi connectivity index (χ1v) is 10.7. The molecule has 4 rings (SSSR count). The highest BCUT2D eigenvalue weighted by Crippen LogP contribution is 2.31. The molecule has 30 heavy (non-hydrogen) atoms. The highest BCUT2D eigenvalue weighted by Gasteiger charge is 2.27. The molecule has 1 aliphatic rings. The maximum atomic E-state index is 10.7. The lowest BCUT2D eigenvalue weighted by molar-refractivity contribution is 0.0190. The summed E-state index contributed by atoms with van der Waals surface area (Å²) < 4.78 is 4.11. The molecule has 2 heterocycles. The minimum absolute atomic E-state index is 0.439. The molecule has 0 spiro atoms. The van der Waals surface area contributed by atoms with Crippen LogP contribution in [0.4, 0.5) is 5.69 Å². The molecule has 3 aromatic rings. The Balaban J connectivity index is 1.50. The molecule has 1 saturated carbocycles. The van der Waals surface area contributed by atoms with E-state index < -0.39 is 18.2 Å². The lowest BCUT2D eigenvalue weighted by atomic mass is 10.0. The van der Waals surface area contributed by atoms with Crippen molar-refractivity contribution in [3.63, 3.8) is 0 Å².